The molecule has 3 heteroatoms. The van der Waals surface area contributed by atoms with Crippen molar-refractivity contribution in [3.05, 3.63) is 29.8 Å². The largest absolute Gasteiger partial charge is 0.326 e. The molecule has 0 radical (unpaired) electrons. The first-order chi connectivity index (χ1) is 8.08. The molecule has 0 spiro atoms. The van der Waals surface area contributed by atoms with E-state index >= 15 is 0 Å². The highest BCUT2D eigenvalue weighted by Gasteiger charge is 2.02. The van der Waals surface area contributed by atoms with Crippen LogP contribution in [0, 0.1) is 6.92 Å². The third kappa shape index (κ3) is 6.07. The number of rotatable bonds is 6. The first-order valence-electron chi connectivity index (χ1n) is 6.18. The summed E-state index contributed by atoms with van der Waals surface area (Å²) in [5, 5.41) is 6.20. The molecule has 1 aromatic carbocycles. The number of carbonyl (C=O) groups is 1. The van der Waals surface area contributed by atoms with Gasteiger partial charge in [0.25, 0.3) is 0 Å². The van der Waals surface area contributed by atoms with Crippen LogP contribution in [0.5, 0.6) is 0 Å². The maximum atomic E-state index is 11.6. The van der Waals surface area contributed by atoms with Crippen LogP contribution in [-0.2, 0) is 4.79 Å². The summed E-state index contributed by atoms with van der Waals surface area (Å²) in [6.45, 7) is 7.11. The molecule has 1 aromatic rings. The Morgan fingerprint density at radius 2 is 2.12 bits per heavy atom. The quantitative estimate of drug-likeness (QED) is 0.743. The topological polar surface area (TPSA) is 41.1 Å². The van der Waals surface area contributed by atoms with E-state index in [1.54, 1.807) is 0 Å². The summed E-state index contributed by atoms with van der Waals surface area (Å²) < 4.78 is 0. The van der Waals surface area contributed by atoms with Crippen molar-refractivity contribution in [2.24, 2.45) is 0 Å². The van der Waals surface area contributed by atoms with Gasteiger partial charge in [0.15, 0.2) is 0 Å². The monoisotopic (exact) mass is 234 g/mol. The maximum absolute atomic E-state index is 11.6. The number of amides is 1. The smallest absolute Gasteiger partial charge is 0.224 e. The molecule has 0 saturated heterocycles. The van der Waals surface area contributed by atoms with Crippen molar-refractivity contribution in [1.29, 1.82) is 0 Å². The van der Waals surface area contributed by atoms with Gasteiger partial charge in [-0.3, -0.25) is 4.79 Å². The molecule has 0 atom stereocenters. The van der Waals surface area contributed by atoms with Crippen molar-refractivity contribution in [1.82, 2.24) is 5.32 Å². The van der Waals surface area contributed by atoms with Gasteiger partial charge in [0.05, 0.1) is 0 Å². The van der Waals surface area contributed by atoms with Gasteiger partial charge in [0, 0.05) is 18.2 Å². The van der Waals surface area contributed by atoms with E-state index in [0.717, 1.165) is 24.2 Å². The van der Waals surface area contributed by atoms with Gasteiger partial charge in [-0.15, -0.1) is 0 Å². The zero-order valence-electron chi connectivity index (χ0n) is 10.9. The number of carbonyl (C=O) groups excluding carboxylic acids is 1. The first kappa shape index (κ1) is 13.7. The van der Waals surface area contributed by atoms with Crippen molar-refractivity contribution in [3.63, 3.8) is 0 Å². The van der Waals surface area contributed by atoms with E-state index in [2.05, 4.69) is 24.5 Å². The highest BCUT2D eigenvalue weighted by atomic mass is 16.1. The molecule has 1 amide bonds. The molecule has 0 aliphatic carbocycles. The minimum atomic E-state index is 0.0844. The van der Waals surface area contributed by atoms with Crippen molar-refractivity contribution in [3.8, 4) is 0 Å². The van der Waals surface area contributed by atoms with Crippen LogP contribution >= 0.6 is 0 Å². The van der Waals surface area contributed by atoms with Crippen molar-refractivity contribution in [2.45, 2.75) is 39.7 Å². The fourth-order valence-electron chi connectivity index (χ4n) is 1.59. The van der Waals surface area contributed by atoms with Gasteiger partial charge < -0.3 is 10.6 Å². The molecule has 0 fully saturated rings. The Morgan fingerprint density at radius 3 is 2.76 bits per heavy atom. The van der Waals surface area contributed by atoms with Crippen LogP contribution in [0.4, 0.5) is 5.69 Å². The molecule has 0 unspecified atom stereocenters. The van der Waals surface area contributed by atoms with Crippen LogP contribution in [-0.4, -0.2) is 18.5 Å². The summed E-state index contributed by atoms with van der Waals surface area (Å²) in [5.41, 5.74) is 2.04. The minimum absolute atomic E-state index is 0.0844. The highest BCUT2D eigenvalue weighted by molar-refractivity contribution is 5.90. The third-order valence-electron chi connectivity index (χ3n) is 2.44. The first-order valence-corrected chi connectivity index (χ1v) is 6.18. The predicted molar refractivity (Wildman–Crippen MR) is 72.2 cm³/mol. The molecular weight excluding hydrogens is 212 g/mol. The molecule has 0 saturated carbocycles. The summed E-state index contributed by atoms with van der Waals surface area (Å²) in [7, 11) is 0. The maximum Gasteiger partial charge on any atom is 0.224 e. The molecule has 94 valence electrons. The fourth-order valence-corrected chi connectivity index (χ4v) is 1.59. The van der Waals surface area contributed by atoms with Gasteiger partial charge >= 0.3 is 0 Å². The summed E-state index contributed by atoms with van der Waals surface area (Å²) in [4.78, 5) is 11.6. The van der Waals surface area contributed by atoms with Crippen LogP contribution in [0.25, 0.3) is 0 Å². The second-order valence-electron chi connectivity index (χ2n) is 4.63. The van der Waals surface area contributed by atoms with Crippen molar-refractivity contribution >= 4 is 11.6 Å². The van der Waals surface area contributed by atoms with Crippen LogP contribution < -0.4 is 10.6 Å². The molecule has 3 nitrogen and oxygen atoms in total. The lowest BCUT2D eigenvalue weighted by atomic mass is 10.2. The van der Waals surface area contributed by atoms with Gasteiger partial charge in [0.2, 0.25) is 5.91 Å². The summed E-state index contributed by atoms with van der Waals surface area (Å²) in [5.74, 6) is 0.0844. The lowest BCUT2D eigenvalue weighted by molar-refractivity contribution is -0.116. The summed E-state index contributed by atoms with van der Waals surface area (Å²) in [6, 6.07) is 8.34. The van der Waals surface area contributed by atoms with Crippen molar-refractivity contribution in [2.75, 3.05) is 11.9 Å². The molecule has 0 aliphatic rings. The van der Waals surface area contributed by atoms with Crippen LogP contribution in [0.1, 0.15) is 32.3 Å². The number of hydrogen-bond donors (Lipinski definition) is 2. The van der Waals surface area contributed by atoms with Gasteiger partial charge in [-0.05, 0) is 37.6 Å². The van der Waals surface area contributed by atoms with E-state index in [0.29, 0.717) is 12.5 Å². The lowest BCUT2D eigenvalue weighted by Crippen LogP contribution is -2.24. The molecule has 17 heavy (non-hydrogen) atoms. The fraction of sp³-hybridized carbons (Fsp3) is 0.500. The van der Waals surface area contributed by atoms with Crippen LogP contribution in [0.15, 0.2) is 24.3 Å². The molecule has 0 heterocycles. The van der Waals surface area contributed by atoms with E-state index in [-0.39, 0.29) is 5.91 Å². The van der Waals surface area contributed by atoms with Gasteiger partial charge in [-0.2, -0.15) is 0 Å². The Balaban J connectivity index is 2.25. The molecule has 0 aliphatic heterocycles. The molecule has 2 N–H and O–H groups in total. The van der Waals surface area contributed by atoms with Gasteiger partial charge in [0.1, 0.15) is 0 Å². The lowest BCUT2D eigenvalue weighted by Gasteiger charge is -2.08. The number of anilines is 1. The zero-order chi connectivity index (χ0) is 12.7. The van der Waals surface area contributed by atoms with E-state index < -0.39 is 0 Å². The number of aryl methyl sites for hydroxylation is 1. The van der Waals surface area contributed by atoms with E-state index in [9.17, 15) is 4.79 Å². The van der Waals surface area contributed by atoms with E-state index in [1.807, 2.05) is 31.2 Å². The third-order valence-corrected chi connectivity index (χ3v) is 2.44. The SMILES string of the molecule is Cc1cccc(NC(=O)CCCNC(C)C)c1. The Kier molecular flexibility index (Phi) is 5.70. The van der Waals surface area contributed by atoms with Crippen LogP contribution in [0.3, 0.4) is 0 Å². The second-order valence-corrected chi connectivity index (χ2v) is 4.63. The number of hydrogen-bond acceptors (Lipinski definition) is 2. The molecular formula is C14H22N2O. The standard InChI is InChI=1S/C14H22N2O/c1-11(2)15-9-5-8-14(17)16-13-7-4-6-12(3)10-13/h4,6-7,10-11,15H,5,8-9H2,1-3H3,(H,16,17). The Morgan fingerprint density at radius 1 is 1.35 bits per heavy atom. The number of benzene rings is 1. The Labute approximate surface area is 104 Å². The average molecular weight is 234 g/mol. The average Bonchev–Trinajstić information content (AvgIpc) is 2.24. The molecule has 1 rings (SSSR count). The normalized spacial score (nSPS) is 10.6. The zero-order valence-corrected chi connectivity index (χ0v) is 10.9. The highest BCUT2D eigenvalue weighted by Crippen LogP contribution is 2.09. The van der Waals surface area contributed by atoms with Crippen LogP contribution in [0.2, 0.25) is 0 Å². The minimum Gasteiger partial charge on any atom is -0.326 e. The predicted octanol–water partition coefficient (Wildman–Crippen LogP) is 2.71. The van der Waals surface area contributed by atoms with Gasteiger partial charge in [-0.1, -0.05) is 26.0 Å². The van der Waals surface area contributed by atoms with E-state index in [1.165, 1.54) is 0 Å². The van der Waals surface area contributed by atoms with Gasteiger partial charge in [-0.25, -0.2) is 0 Å². The van der Waals surface area contributed by atoms with E-state index in [4.69, 9.17) is 0 Å². The van der Waals surface area contributed by atoms with Crippen molar-refractivity contribution < 1.29 is 4.79 Å². The Hall–Kier alpha value is -1.35. The summed E-state index contributed by atoms with van der Waals surface area (Å²) >= 11 is 0. The molecule has 0 bridgehead atoms. The summed E-state index contributed by atoms with van der Waals surface area (Å²) in [6.07, 6.45) is 1.43. The molecule has 0 aromatic heterocycles. The second kappa shape index (κ2) is 7.07. The number of nitrogens with one attached hydrogen (secondary N) is 2. The Bertz CT molecular complexity index is 361.